The fraction of sp³-hybridized carbons (Fsp3) is 0.0667. The number of anilines is 2. The number of rotatable bonds is 3. The topological polar surface area (TPSA) is 92.4 Å². The predicted molar refractivity (Wildman–Crippen MR) is 82.0 cm³/mol. The van der Waals surface area contributed by atoms with E-state index in [9.17, 15) is 9.59 Å². The molecule has 0 aromatic heterocycles. The molecule has 108 valence electrons. The second-order valence-electron chi connectivity index (χ2n) is 4.58. The van der Waals surface area contributed by atoms with Gasteiger partial charge in [0.25, 0.3) is 5.91 Å². The number of amides is 1. The van der Waals surface area contributed by atoms with Crippen molar-refractivity contribution < 1.29 is 14.7 Å². The molecule has 2 aromatic carbocycles. The van der Waals surface area contributed by atoms with Crippen LogP contribution in [0.25, 0.3) is 0 Å². The standard InChI is InChI=1S/C15H13ClN2O3/c1-8-2-3-13(17)12(4-8)14(19)18-11-6-9(15(20)21)5-10(16)7-11/h2-7H,17H2,1H3,(H,18,19)(H,20,21). The average Bonchev–Trinajstić information content (AvgIpc) is 2.40. The number of nitrogens with one attached hydrogen (secondary N) is 1. The Balaban J connectivity index is 2.31. The number of aryl methyl sites for hydroxylation is 1. The highest BCUT2D eigenvalue weighted by Gasteiger charge is 2.12. The number of carbonyl (C=O) groups is 2. The van der Waals surface area contributed by atoms with Crippen molar-refractivity contribution in [3.63, 3.8) is 0 Å². The van der Waals surface area contributed by atoms with E-state index >= 15 is 0 Å². The molecule has 2 aromatic rings. The smallest absolute Gasteiger partial charge is 0.335 e. The summed E-state index contributed by atoms with van der Waals surface area (Å²) in [6, 6.07) is 9.21. The van der Waals surface area contributed by atoms with Gasteiger partial charge in [-0.25, -0.2) is 4.79 Å². The minimum Gasteiger partial charge on any atom is -0.478 e. The molecule has 5 nitrogen and oxygen atoms in total. The maximum Gasteiger partial charge on any atom is 0.335 e. The molecule has 0 saturated carbocycles. The molecule has 0 spiro atoms. The SMILES string of the molecule is Cc1ccc(N)c(C(=O)Nc2cc(Cl)cc(C(=O)O)c2)c1. The van der Waals surface area contributed by atoms with Gasteiger partial charge in [0.05, 0.1) is 11.1 Å². The highest BCUT2D eigenvalue weighted by atomic mass is 35.5. The number of carboxylic acid groups (broad SMARTS) is 1. The van der Waals surface area contributed by atoms with Gasteiger partial charge < -0.3 is 16.2 Å². The predicted octanol–water partition coefficient (Wildman–Crippen LogP) is 3.18. The van der Waals surface area contributed by atoms with E-state index in [4.69, 9.17) is 22.4 Å². The van der Waals surface area contributed by atoms with Crippen molar-refractivity contribution in [3.8, 4) is 0 Å². The van der Waals surface area contributed by atoms with Crippen LogP contribution in [0.5, 0.6) is 0 Å². The lowest BCUT2D eigenvalue weighted by atomic mass is 10.1. The van der Waals surface area contributed by atoms with Gasteiger partial charge in [-0.3, -0.25) is 4.79 Å². The summed E-state index contributed by atoms with van der Waals surface area (Å²) >= 11 is 5.84. The number of hydrogen-bond donors (Lipinski definition) is 3. The van der Waals surface area contributed by atoms with Crippen LogP contribution in [-0.4, -0.2) is 17.0 Å². The van der Waals surface area contributed by atoms with E-state index in [1.165, 1.54) is 18.2 Å². The lowest BCUT2D eigenvalue weighted by Gasteiger charge is -2.09. The first-order valence-corrected chi connectivity index (χ1v) is 6.46. The highest BCUT2D eigenvalue weighted by Crippen LogP contribution is 2.21. The van der Waals surface area contributed by atoms with E-state index < -0.39 is 11.9 Å². The molecular weight excluding hydrogens is 292 g/mol. The first-order chi connectivity index (χ1) is 9.86. The van der Waals surface area contributed by atoms with Gasteiger partial charge in [0.2, 0.25) is 0 Å². The second-order valence-corrected chi connectivity index (χ2v) is 5.01. The van der Waals surface area contributed by atoms with Crippen molar-refractivity contribution >= 4 is 34.9 Å². The Hall–Kier alpha value is -2.53. The van der Waals surface area contributed by atoms with E-state index in [0.29, 0.717) is 16.9 Å². The van der Waals surface area contributed by atoms with Crippen LogP contribution in [-0.2, 0) is 0 Å². The van der Waals surface area contributed by atoms with Crippen molar-refractivity contribution in [1.29, 1.82) is 0 Å². The van der Waals surface area contributed by atoms with E-state index in [1.807, 2.05) is 6.92 Å². The number of aromatic carboxylic acids is 1. The first-order valence-electron chi connectivity index (χ1n) is 6.08. The maximum atomic E-state index is 12.2. The summed E-state index contributed by atoms with van der Waals surface area (Å²) in [4.78, 5) is 23.2. The Labute approximate surface area is 126 Å². The van der Waals surface area contributed by atoms with E-state index in [-0.39, 0.29) is 10.6 Å². The monoisotopic (exact) mass is 304 g/mol. The van der Waals surface area contributed by atoms with E-state index in [0.717, 1.165) is 5.56 Å². The normalized spacial score (nSPS) is 10.2. The Morgan fingerprint density at radius 1 is 1.19 bits per heavy atom. The molecule has 0 fully saturated rings. The summed E-state index contributed by atoms with van der Waals surface area (Å²) in [6.45, 7) is 1.85. The number of hydrogen-bond acceptors (Lipinski definition) is 3. The number of halogens is 1. The number of carbonyl (C=O) groups excluding carboxylic acids is 1. The fourth-order valence-corrected chi connectivity index (χ4v) is 2.09. The zero-order chi connectivity index (χ0) is 15.6. The molecule has 6 heteroatoms. The number of nitrogens with two attached hydrogens (primary N) is 1. The van der Waals surface area contributed by atoms with Gasteiger partial charge in [-0.05, 0) is 37.3 Å². The number of nitrogen functional groups attached to an aromatic ring is 1. The van der Waals surface area contributed by atoms with Gasteiger partial charge >= 0.3 is 5.97 Å². The summed E-state index contributed by atoms with van der Waals surface area (Å²) in [5, 5.41) is 11.8. The van der Waals surface area contributed by atoms with E-state index in [2.05, 4.69) is 5.32 Å². The molecule has 0 unspecified atom stereocenters. The van der Waals surface area contributed by atoms with Crippen LogP contribution < -0.4 is 11.1 Å². The largest absolute Gasteiger partial charge is 0.478 e. The molecule has 0 aliphatic carbocycles. The van der Waals surface area contributed by atoms with Crippen LogP contribution in [0, 0.1) is 6.92 Å². The van der Waals surface area contributed by atoms with Crippen LogP contribution in [0.3, 0.4) is 0 Å². The summed E-state index contributed by atoms with van der Waals surface area (Å²) in [7, 11) is 0. The molecule has 0 heterocycles. The van der Waals surface area contributed by atoms with Crippen LogP contribution in [0.4, 0.5) is 11.4 Å². The van der Waals surface area contributed by atoms with Gasteiger partial charge in [-0.2, -0.15) is 0 Å². The highest BCUT2D eigenvalue weighted by molar-refractivity contribution is 6.31. The number of benzene rings is 2. The van der Waals surface area contributed by atoms with Crippen LogP contribution in [0.2, 0.25) is 5.02 Å². The third-order valence-electron chi connectivity index (χ3n) is 2.86. The van der Waals surface area contributed by atoms with Gasteiger partial charge in [-0.15, -0.1) is 0 Å². The lowest BCUT2D eigenvalue weighted by molar-refractivity contribution is 0.0696. The fourth-order valence-electron chi connectivity index (χ4n) is 1.85. The molecule has 4 N–H and O–H groups in total. The molecule has 2 rings (SSSR count). The van der Waals surface area contributed by atoms with Crippen molar-refractivity contribution in [2.75, 3.05) is 11.1 Å². The zero-order valence-electron chi connectivity index (χ0n) is 11.2. The van der Waals surface area contributed by atoms with Crippen molar-refractivity contribution in [2.45, 2.75) is 6.92 Å². The van der Waals surface area contributed by atoms with Gasteiger partial charge in [0.15, 0.2) is 0 Å². The molecule has 0 aliphatic rings. The maximum absolute atomic E-state index is 12.2. The summed E-state index contributed by atoms with van der Waals surface area (Å²) in [6.07, 6.45) is 0. The minimum atomic E-state index is -1.12. The van der Waals surface area contributed by atoms with Gasteiger partial charge in [0, 0.05) is 16.4 Å². The Bertz CT molecular complexity index is 729. The molecular formula is C15H13ClN2O3. The molecule has 1 amide bonds. The quantitative estimate of drug-likeness (QED) is 0.759. The van der Waals surface area contributed by atoms with E-state index in [1.54, 1.807) is 18.2 Å². The Kier molecular flexibility index (Phi) is 4.14. The summed E-state index contributed by atoms with van der Waals surface area (Å²) < 4.78 is 0. The molecule has 0 atom stereocenters. The molecule has 0 saturated heterocycles. The van der Waals surface area contributed by atoms with Crippen molar-refractivity contribution in [1.82, 2.24) is 0 Å². The molecule has 0 bridgehead atoms. The van der Waals surface area contributed by atoms with Crippen LogP contribution >= 0.6 is 11.6 Å². The van der Waals surface area contributed by atoms with Gasteiger partial charge in [-0.1, -0.05) is 23.2 Å². The molecule has 0 radical (unpaired) electrons. The average molecular weight is 305 g/mol. The van der Waals surface area contributed by atoms with Gasteiger partial charge in [0.1, 0.15) is 0 Å². The number of carboxylic acids is 1. The Morgan fingerprint density at radius 3 is 2.57 bits per heavy atom. The Morgan fingerprint density at radius 2 is 1.90 bits per heavy atom. The van der Waals surface area contributed by atoms with Crippen LogP contribution in [0.1, 0.15) is 26.3 Å². The summed E-state index contributed by atoms with van der Waals surface area (Å²) in [5.41, 5.74) is 7.63. The minimum absolute atomic E-state index is 0.00462. The summed E-state index contributed by atoms with van der Waals surface area (Å²) in [5.74, 6) is -1.54. The molecule has 0 aliphatic heterocycles. The molecule has 21 heavy (non-hydrogen) atoms. The van der Waals surface area contributed by atoms with Crippen LogP contribution in [0.15, 0.2) is 36.4 Å². The van der Waals surface area contributed by atoms with Crippen molar-refractivity contribution in [2.24, 2.45) is 0 Å². The first kappa shape index (κ1) is 14.9. The van der Waals surface area contributed by atoms with Crippen molar-refractivity contribution in [3.05, 3.63) is 58.1 Å². The zero-order valence-corrected chi connectivity index (χ0v) is 11.9. The third-order valence-corrected chi connectivity index (χ3v) is 3.07. The third kappa shape index (κ3) is 3.52. The second kappa shape index (κ2) is 5.85. The lowest BCUT2D eigenvalue weighted by Crippen LogP contribution is -2.14.